The van der Waals surface area contributed by atoms with E-state index in [0.717, 1.165) is 13.0 Å². The third-order valence-corrected chi connectivity index (χ3v) is 1.25. The van der Waals surface area contributed by atoms with Crippen LogP contribution in [0.15, 0.2) is 11.6 Å². The standard InChI is InChI=1S/C9H18O2/c1-9(2)5-4-6-11-8-7-10-3/h5H,4,6-8H2,1-3H3. The molecule has 0 heterocycles. The molecule has 0 rings (SSSR count). The molecule has 0 fully saturated rings. The van der Waals surface area contributed by atoms with Crippen LogP contribution in [-0.2, 0) is 9.47 Å². The van der Waals surface area contributed by atoms with E-state index < -0.39 is 0 Å². The van der Waals surface area contributed by atoms with Crippen molar-refractivity contribution in [3.05, 3.63) is 11.6 Å². The summed E-state index contributed by atoms with van der Waals surface area (Å²) < 4.78 is 10.1. The van der Waals surface area contributed by atoms with Crippen LogP contribution in [0.2, 0.25) is 0 Å². The Morgan fingerprint density at radius 1 is 1.18 bits per heavy atom. The maximum absolute atomic E-state index is 5.25. The quantitative estimate of drug-likeness (QED) is 0.435. The van der Waals surface area contributed by atoms with Crippen LogP contribution in [0, 0.1) is 0 Å². The first-order valence-electron chi connectivity index (χ1n) is 3.97. The third-order valence-electron chi connectivity index (χ3n) is 1.25. The van der Waals surface area contributed by atoms with E-state index in [1.807, 2.05) is 0 Å². The molecule has 11 heavy (non-hydrogen) atoms. The van der Waals surface area contributed by atoms with E-state index in [0.29, 0.717) is 13.2 Å². The second-order valence-corrected chi connectivity index (χ2v) is 2.68. The predicted octanol–water partition coefficient (Wildman–Crippen LogP) is 2.01. The second kappa shape index (κ2) is 7.76. The van der Waals surface area contributed by atoms with Crippen LogP contribution in [0.25, 0.3) is 0 Å². The molecule has 0 radical (unpaired) electrons. The molecular weight excluding hydrogens is 140 g/mol. The molecular formula is C9H18O2. The molecule has 0 unspecified atom stereocenters. The second-order valence-electron chi connectivity index (χ2n) is 2.68. The van der Waals surface area contributed by atoms with Gasteiger partial charge >= 0.3 is 0 Å². The summed E-state index contributed by atoms with van der Waals surface area (Å²) in [6.45, 7) is 6.38. The van der Waals surface area contributed by atoms with Crippen LogP contribution in [0.3, 0.4) is 0 Å². The van der Waals surface area contributed by atoms with Gasteiger partial charge in [-0.1, -0.05) is 11.6 Å². The van der Waals surface area contributed by atoms with Crippen molar-refractivity contribution in [2.24, 2.45) is 0 Å². The number of allylic oxidation sites excluding steroid dienone is 1. The Hall–Kier alpha value is -0.340. The molecule has 0 spiro atoms. The lowest BCUT2D eigenvalue weighted by atomic mass is 10.3. The van der Waals surface area contributed by atoms with E-state index in [9.17, 15) is 0 Å². The average molecular weight is 158 g/mol. The van der Waals surface area contributed by atoms with Gasteiger partial charge in [0.2, 0.25) is 0 Å². The highest BCUT2D eigenvalue weighted by Gasteiger charge is 1.85. The summed E-state index contributed by atoms with van der Waals surface area (Å²) >= 11 is 0. The zero-order valence-electron chi connectivity index (χ0n) is 7.72. The van der Waals surface area contributed by atoms with Gasteiger partial charge in [0.1, 0.15) is 0 Å². The molecule has 0 bridgehead atoms. The first kappa shape index (κ1) is 10.7. The summed E-state index contributed by atoms with van der Waals surface area (Å²) in [6, 6.07) is 0. The van der Waals surface area contributed by atoms with Gasteiger partial charge in [-0.25, -0.2) is 0 Å². The van der Waals surface area contributed by atoms with E-state index in [2.05, 4.69) is 19.9 Å². The molecule has 0 aliphatic carbocycles. The summed E-state index contributed by atoms with van der Waals surface area (Å²) in [4.78, 5) is 0. The Kier molecular flexibility index (Phi) is 7.52. The van der Waals surface area contributed by atoms with Crippen LogP contribution in [0.5, 0.6) is 0 Å². The average Bonchev–Trinajstić information content (AvgIpc) is 1.96. The summed E-state index contributed by atoms with van der Waals surface area (Å²) in [5, 5.41) is 0. The Morgan fingerprint density at radius 3 is 2.45 bits per heavy atom. The SMILES string of the molecule is COCCOCCC=C(C)C. The molecule has 0 aromatic heterocycles. The zero-order valence-corrected chi connectivity index (χ0v) is 7.72. The molecule has 0 amide bonds. The topological polar surface area (TPSA) is 18.5 Å². The highest BCUT2D eigenvalue weighted by atomic mass is 16.5. The zero-order chi connectivity index (χ0) is 8.53. The Morgan fingerprint density at radius 2 is 1.91 bits per heavy atom. The van der Waals surface area contributed by atoms with Crippen molar-refractivity contribution >= 4 is 0 Å². The van der Waals surface area contributed by atoms with Crippen LogP contribution in [-0.4, -0.2) is 26.9 Å². The minimum atomic E-state index is 0.689. The van der Waals surface area contributed by atoms with Gasteiger partial charge in [-0.05, 0) is 20.3 Å². The first-order valence-corrected chi connectivity index (χ1v) is 3.97. The van der Waals surface area contributed by atoms with Gasteiger partial charge in [-0.3, -0.25) is 0 Å². The van der Waals surface area contributed by atoms with Crippen LogP contribution in [0.4, 0.5) is 0 Å². The smallest absolute Gasteiger partial charge is 0.0700 e. The van der Waals surface area contributed by atoms with E-state index in [-0.39, 0.29) is 0 Å². The summed E-state index contributed by atoms with van der Waals surface area (Å²) in [5.41, 5.74) is 1.35. The highest BCUT2D eigenvalue weighted by Crippen LogP contribution is 1.92. The van der Waals surface area contributed by atoms with E-state index in [4.69, 9.17) is 9.47 Å². The Labute approximate surface area is 69.2 Å². The molecule has 0 atom stereocenters. The van der Waals surface area contributed by atoms with Gasteiger partial charge in [0.05, 0.1) is 19.8 Å². The minimum Gasteiger partial charge on any atom is -0.382 e. The summed E-state index contributed by atoms with van der Waals surface area (Å²) in [5.74, 6) is 0. The van der Waals surface area contributed by atoms with Crippen molar-refractivity contribution in [2.45, 2.75) is 20.3 Å². The maximum atomic E-state index is 5.25. The maximum Gasteiger partial charge on any atom is 0.0700 e. The molecule has 0 aliphatic heterocycles. The minimum absolute atomic E-state index is 0.689. The lowest BCUT2D eigenvalue weighted by Gasteiger charge is -2.00. The third kappa shape index (κ3) is 9.66. The highest BCUT2D eigenvalue weighted by molar-refractivity contribution is 4.92. The van der Waals surface area contributed by atoms with Crippen molar-refractivity contribution in [1.29, 1.82) is 0 Å². The lowest BCUT2D eigenvalue weighted by Crippen LogP contribution is -2.02. The molecule has 0 aliphatic rings. The van der Waals surface area contributed by atoms with Gasteiger partial charge < -0.3 is 9.47 Å². The number of methoxy groups -OCH3 is 1. The molecule has 0 aromatic carbocycles. The molecule has 2 heteroatoms. The molecule has 0 N–H and O–H groups in total. The molecule has 0 saturated heterocycles. The Balaban J connectivity index is 2.97. The number of ether oxygens (including phenoxy) is 2. The lowest BCUT2D eigenvalue weighted by molar-refractivity contribution is 0.0730. The molecule has 0 aromatic rings. The van der Waals surface area contributed by atoms with Gasteiger partial charge in [0.15, 0.2) is 0 Å². The summed E-state index contributed by atoms with van der Waals surface area (Å²) in [7, 11) is 1.68. The van der Waals surface area contributed by atoms with Gasteiger partial charge in [0.25, 0.3) is 0 Å². The van der Waals surface area contributed by atoms with Gasteiger partial charge in [-0.2, -0.15) is 0 Å². The van der Waals surface area contributed by atoms with Crippen molar-refractivity contribution in [2.75, 3.05) is 26.9 Å². The van der Waals surface area contributed by atoms with Crippen molar-refractivity contribution in [3.63, 3.8) is 0 Å². The number of hydrogen-bond donors (Lipinski definition) is 0. The van der Waals surface area contributed by atoms with Crippen LogP contribution >= 0.6 is 0 Å². The van der Waals surface area contributed by atoms with E-state index in [1.54, 1.807) is 7.11 Å². The fraction of sp³-hybridized carbons (Fsp3) is 0.778. The van der Waals surface area contributed by atoms with Crippen LogP contribution < -0.4 is 0 Å². The van der Waals surface area contributed by atoms with E-state index in [1.165, 1.54) is 5.57 Å². The van der Waals surface area contributed by atoms with Crippen LogP contribution in [0.1, 0.15) is 20.3 Å². The van der Waals surface area contributed by atoms with E-state index >= 15 is 0 Å². The fourth-order valence-electron chi connectivity index (χ4n) is 0.675. The predicted molar refractivity (Wildman–Crippen MR) is 46.7 cm³/mol. The number of rotatable bonds is 6. The fourth-order valence-corrected chi connectivity index (χ4v) is 0.675. The van der Waals surface area contributed by atoms with Crippen molar-refractivity contribution in [3.8, 4) is 0 Å². The Bertz CT molecular complexity index is 104. The van der Waals surface area contributed by atoms with Gasteiger partial charge in [0, 0.05) is 7.11 Å². The molecule has 66 valence electrons. The largest absolute Gasteiger partial charge is 0.382 e. The summed E-state index contributed by atoms with van der Waals surface area (Å²) in [6.07, 6.45) is 3.18. The number of hydrogen-bond acceptors (Lipinski definition) is 2. The monoisotopic (exact) mass is 158 g/mol. The normalized spacial score (nSPS) is 9.73. The van der Waals surface area contributed by atoms with Gasteiger partial charge in [-0.15, -0.1) is 0 Å². The molecule has 0 saturated carbocycles. The van der Waals surface area contributed by atoms with Crippen molar-refractivity contribution < 1.29 is 9.47 Å². The first-order chi connectivity index (χ1) is 5.27. The molecule has 2 nitrogen and oxygen atoms in total. The van der Waals surface area contributed by atoms with Crippen molar-refractivity contribution in [1.82, 2.24) is 0 Å².